The molecule has 1 fully saturated rings. The summed E-state index contributed by atoms with van der Waals surface area (Å²) in [5, 5.41) is 7.42. The number of nitrogens with one attached hydrogen (secondary N) is 2. The van der Waals surface area contributed by atoms with Crippen molar-refractivity contribution in [2.24, 2.45) is 0 Å². The highest BCUT2D eigenvalue weighted by Gasteiger charge is 2.28. The number of pyridine rings is 1. The minimum Gasteiger partial charge on any atom is -0.338 e. The molecule has 1 aliphatic heterocycles. The quantitative estimate of drug-likeness (QED) is 0.734. The predicted molar refractivity (Wildman–Crippen MR) is 108 cm³/mol. The number of amides is 1. The molecule has 6 heteroatoms. The minimum atomic E-state index is -0.321. The molecule has 0 radical (unpaired) electrons. The zero-order chi connectivity index (χ0) is 19.5. The van der Waals surface area contributed by atoms with Crippen LogP contribution in [0.4, 0.5) is 0 Å². The number of aromatic nitrogens is 3. The molecule has 28 heavy (non-hydrogen) atoms. The number of hydrogen-bond donors (Lipinski definition) is 2. The summed E-state index contributed by atoms with van der Waals surface area (Å²) < 4.78 is 0. The van der Waals surface area contributed by atoms with Crippen molar-refractivity contribution in [1.29, 1.82) is 0 Å². The van der Waals surface area contributed by atoms with Crippen LogP contribution in [0.5, 0.6) is 0 Å². The highest BCUT2D eigenvalue weighted by Crippen LogP contribution is 2.29. The van der Waals surface area contributed by atoms with E-state index in [1.165, 1.54) is 11.1 Å². The molecular formula is C22H24N4O2. The van der Waals surface area contributed by atoms with Crippen LogP contribution in [0.15, 0.2) is 53.5 Å². The maximum absolute atomic E-state index is 12.9. The number of hydrogen-bond acceptors (Lipinski definition) is 3. The monoisotopic (exact) mass is 376 g/mol. The van der Waals surface area contributed by atoms with Crippen molar-refractivity contribution < 1.29 is 4.79 Å². The number of aromatic amines is 2. The van der Waals surface area contributed by atoms with Gasteiger partial charge in [-0.1, -0.05) is 30.3 Å². The normalized spacial score (nSPS) is 16.9. The molecule has 0 bridgehead atoms. The number of H-pyrrole nitrogens is 2. The Balaban J connectivity index is 1.52. The molecule has 1 aromatic carbocycles. The van der Waals surface area contributed by atoms with Crippen LogP contribution in [-0.2, 0) is 6.42 Å². The van der Waals surface area contributed by atoms with Crippen LogP contribution in [0.25, 0.3) is 0 Å². The molecule has 0 aliphatic carbocycles. The molecule has 2 N–H and O–H groups in total. The van der Waals surface area contributed by atoms with Gasteiger partial charge >= 0.3 is 0 Å². The van der Waals surface area contributed by atoms with Gasteiger partial charge < -0.3 is 9.88 Å². The first-order valence-corrected chi connectivity index (χ1v) is 9.67. The fourth-order valence-electron chi connectivity index (χ4n) is 3.94. The summed E-state index contributed by atoms with van der Waals surface area (Å²) in [7, 11) is 0. The molecule has 6 nitrogen and oxygen atoms in total. The van der Waals surface area contributed by atoms with E-state index in [4.69, 9.17) is 0 Å². The summed E-state index contributed by atoms with van der Waals surface area (Å²) in [5.74, 6) is -0.00137. The zero-order valence-corrected chi connectivity index (χ0v) is 15.9. The lowest BCUT2D eigenvalue weighted by molar-refractivity contribution is 0.0703. The molecule has 1 amide bonds. The summed E-state index contributed by atoms with van der Waals surface area (Å²) in [6, 6.07) is 13.7. The van der Waals surface area contributed by atoms with E-state index in [0.717, 1.165) is 30.7 Å². The van der Waals surface area contributed by atoms with Gasteiger partial charge in [-0.2, -0.15) is 5.10 Å². The number of carbonyl (C=O) groups excluding carboxylic acids is 1. The Morgan fingerprint density at radius 1 is 1.21 bits per heavy atom. The Morgan fingerprint density at radius 3 is 2.82 bits per heavy atom. The van der Waals surface area contributed by atoms with Crippen LogP contribution in [0.1, 0.15) is 51.6 Å². The zero-order valence-electron chi connectivity index (χ0n) is 15.9. The molecular weight excluding hydrogens is 352 g/mol. The van der Waals surface area contributed by atoms with Gasteiger partial charge in [-0.25, -0.2) is 0 Å². The lowest BCUT2D eigenvalue weighted by Gasteiger charge is -2.32. The molecule has 1 atom stereocenters. The van der Waals surface area contributed by atoms with Gasteiger partial charge in [0.15, 0.2) is 0 Å². The number of aryl methyl sites for hydroxylation is 1. The largest absolute Gasteiger partial charge is 0.338 e. The summed E-state index contributed by atoms with van der Waals surface area (Å²) in [6.07, 6.45) is 4.60. The van der Waals surface area contributed by atoms with Gasteiger partial charge in [-0.15, -0.1) is 0 Å². The second kappa shape index (κ2) is 7.84. The highest BCUT2D eigenvalue weighted by molar-refractivity contribution is 5.94. The molecule has 2 aromatic heterocycles. The molecule has 144 valence electrons. The Bertz CT molecular complexity index is 1020. The number of likely N-dealkylation sites (tertiary alicyclic amines) is 1. The smallest absolute Gasteiger partial charge is 0.260 e. The van der Waals surface area contributed by atoms with Gasteiger partial charge in [-0.05, 0) is 43.0 Å². The maximum Gasteiger partial charge on any atom is 0.260 e. The van der Waals surface area contributed by atoms with Crippen molar-refractivity contribution >= 4 is 5.91 Å². The first-order valence-electron chi connectivity index (χ1n) is 9.67. The van der Waals surface area contributed by atoms with Crippen molar-refractivity contribution in [3.8, 4) is 0 Å². The number of benzene rings is 1. The van der Waals surface area contributed by atoms with Gasteiger partial charge in [-0.3, -0.25) is 14.7 Å². The van der Waals surface area contributed by atoms with E-state index in [2.05, 4.69) is 27.3 Å². The summed E-state index contributed by atoms with van der Waals surface area (Å²) in [5.41, 5.74) is 4.14. The molecule has 4 rings (SSSR count). The van der Waals surface area contributed by atoms with E-state index in [-0.39, 0.29) is 22.9 Å². The topological polar surface area (TPSA) is 81.8 Å². The standard InChI is InChI=1S/C22H24N4O2/c1-15-9-10-19(21(27)24-15)22(28)26-11-5-8-17(14-26)20-18(13-23-25-20)12-16-6-3-2-4-7-16/h2-4,6-7,9-10,13,17H,5,8,11-12,14H2,1H3,(H,23,25)(H,24,27)/t17-/m0/s1. The van der Waals surface area contributed by atoms with Crippen molar-refractivity contribution in [3.05, 3.63) is 87.1 Å². The lowest BCUT2D eigenvalue weighted by Crippen LogP contribution is -2.41. The maximum atomic E-state index is 12.9. The van der Waals surface area contributed by atoms with E-state index in [9.17, 15) is 9.59 Å². The van der Waals surface area contributed by atoms with Crippen LogP contribution in [0.2, 0.25) is 0 Å². The summed E-state index contributed by atoms with van der Waals surface area (Å²) in [6.45, 7) is 3.07. The number of carbonyl (C=O) groups is 1. The first-order chi connectivity index (χ1) is 13.6. The van der Waals surface area contributed by atoms with Crippen LogP contribution >= 0.6 is 0 Å². The highest BCUT2D eigenvalue weighted by atomic mass is 16.2. The molecule has 0 unspecified atom stereocenters. The second-order valence-electron chi connectivity index (χ2n) is 7.45. The average molecular weight is 376 g/mol. The van der Waals surface area contributed by atoms with E-state index in [0.29, 0.717) is 13.1 Å². The number of piperidine rings is 1. The minimum absolute atomic E-state index is 0.198. The third-order valence-electron chi connectivity index (χ3n) is 5.39. The Hall–Kier alpha value is -3.15. The predicted octanol–water partition coefficient (Wildman–Crippen LogP) is 3.02. The van der Waals surface area contributed by atoms with Crippen molar-refractivity contribution in [2.45, 2.75) is 32.1 Å². The van der Waals surface area contributed by atoms with Crippen molar-refractivity contribution in [3.63, 3.8) is 0 Å². The van der Waals surface area contributed by atoms with Gasteiger partial charge in [0.2, 0.25) is 0 Å². The molecule has 3 heterocycles. The Kier molecular flexibility index (Phi) is 5.10. The molecule has 1 saturated heterocycles. The molecule has 1 aliphatic rings. The average Bonchev–Trinajstić information content (AvgIpc) is 3.16. The fourth-order valence-corrected chi connectivity index (χ4v) is 3.94. The molecule has 3 aromatic rings. The van der Waals surface area contributed by atoms with Gasteiger partial charge in [0.05, 0.1) is 6.20 Å². The lowest BCUT2D eigenvalue weighted by atomic mass is 9.90. The Morgan fingerprint density at radius 2 is 2.04 bits per heavy atom. The summed E-state index contributed by atoms with van der Waals surface area (Å²) in [4.78, 5) is 29.6. The van der Waals surface area contributed by atoms with E-state index in [1.54, 1.807) is 24.0 Å². The fraction of sp³-hybridized carbons (Fsp3) is 0.318. The Labute approximate surface area is 163 Å². The van der Waals surface area contributed by atoms with Crippen LogP contribution < -0.4 is 5.56 Å². The van der Waals surface area contributed by atoms with Crippen LogP contribution in [-0.4, -0.2) is 39.1 Å². The van der Waals surface area contributed by atoms with Crippen LogP contribution in [0, 0.1) is 6.92 Å². The molecule has 0 saturated carbocycles. The number of rotatable bonds is 4. The van der Waals surface area contributed by atoms with E-state index in [1.807, 2.05) is 24.4 Å². The first kappa shape index (κ1) is 18.2. The molecule has 0 spiro atoms. The SMILES string of the molecule is Cc1ccc(C(=O)N2CCC[C@H](c3[nH]ncc3Cc3ccccc3)C2)c(=O)[nH]1. The summed E-state index contributed by atoms with van der Waals surface area (Å²) >= 11 is 0. The second-order valence-corrected chi connectivity index (χ2v) is 7.45. The van der Waals surface area contributed by atoms with Gasteiger partial charge in [0.25, 0.3) is 11.5 Å². The van der Waals surface area contributed by atoms with Gasteiger partial charge in [0.1, 0.15) is 5.56 Å². The van der Waals surface area contributed by atoms with Crippen LogP contribution in [0.3, 0.4) is 0 Å². The van der Waals surface area contributed by atoms with Crippen molar-refractivity contribution in [1.82, 2.24) is 20.1 Å². The van der Waals surface area contributed by atoms with E-state index >= 15 is 0 Å². The van der Waals surface area contributed by atoms with Gasteiger partial charge in [0, 0.05) is 36.8 Å². The number of nitrogens with zero attached hydrogens (tertiary/aromatic N) is 2. The van der Waals surface area contributed by atoms with E-state index < -0.39 is 0 Å². The third kappa shape index (κ3) is 3.76. The van der Waals surface area contributed by atoms with Crippen molar-refractivity contribution in [2.75, 3.05) is 13.1 Å². The third-order valence-corrected chi connectivity index (χ3v) is 5.39.